The van der Waals surface area contributed by atoms with Crippen LogP contribution in [0.3, 0.4) is 0 Å². The Bertz CT molecular complexity index is 909. The van der Waals surface area contributed by atoms with Crippen LogP contribution in [0.5, 0.6) is 17.2 Å². The van der Waals surface area contributed by atoms with Crippen molar-refractivity contribution in [3.05, 3.63) is 89.5 Å². The Kier molecular flexibility index (Phi) is 5.49. The van der Waals surface area contributed by atoms with E-state index in [1.165, 1.54) is 11.1 Å². The monoisotopic (exact) mass is 375 g/mol. The van der Waals surface area contributed by atoms with Crippen LogP contribution in [0.2, 0.25) is 0 Å². The molecular formula is C24H25NO3. The molecule has 0 aliphatic carbocycles. The number of phenolic OH excluding ortho intramolecular Hbond substituents is 1. The maximum absolute atomic E-state index is 9.87. The van der Waals surface area contributed by atoms with E-state index < -0.39 is 0 Å². The maximum atomic E-state index is 9.87. The van der Waals surface area contributed by atoms with Crippen LogP contribution in [0, 0.1) is 0 Å². The zero-order valence-corrected chi connectivity index (χ0v) is 16.0. The van der Waals surface area contributed by atoms with Gasteiger partial charge >= 0.3 is 0 Å². The number of aromatic hydroxyl groups is 1. The van der Waals surface area contributed by atoms with Gasteiger partial charge in [-0.15, -0.1) is 0 Å². The molecule has 28 heavy (non-hydrogen) atoms. The van der Waals surface area contributed by atoms with E-state index in [1.807, 2.05) is 31.3 Å². The normalized spacial score (nSPS) is 18.2. The summed E-state index contributed by atoms with van der Waals surface area (Å²) >= 11 is 0. The molecule has 2 N–H and O–H groups in total. The highest BCUT2D eigenvalue weighted by molar-refractivity contribution is 5.50. The number of nitrogens with one attached hydrogen (secondary N) is 1. The second-order valence-corrected chi connectivity index (χ2v) is 7.05. The Hall–Kier alpha value is -2.98. The number of benzene rings is 3. The van der Waals surface area contributed by atoms with E-state index in [1.54, 1.807) is 12.1 Å². The second kappa shape index (κ2) is 8.36. The average molecular weight is 375 g/mol. The van der Waals surface area contributed by atoms with Crippen LogP contribution in [-0.2, 0) is 0 Å². The Morgan fingerprint density at radius 3 is 2.54 bits per heavy atom. The highest BCUT2D eigenvalue weighted by atomic mass is 16.5. The third-order valence-electron chi connectivity index (χ3n) is 5.24. The molecule has 1 aliphatic heterocycles. The van der Waals surface area contributed by atoms with Crippen LogP contribution in [0.1, 0.15) is 28.5 Å². The smallest absolute Gasteiger partial charge is 0.126 e. The van der Waals surface area contributed by atoms with Gasteiger partial charge in [0.05, 0.1) is 6.61 Å². The number of fused-ring (bicyclic) bond motifs is 1. The van der Waals surface area contributed by atoms with Gasteiger partial charge in [0.25, 0.3) is 0 Å². The van der Waals surface area contributed by atoms with Gasteiger partial charge in [-0.25, -0.2) is 0 Å². The van der Waals surface area contributed by atoms with Crippen molar-refractivity contribution in [3.63, 3.8) is 0 Å². The summed E-state index contributed by atoms with van der Waals surface area (Å²) in [6, 6.07) is 24.2. The summed E-state index contributed by atoms with van der Waals surface area (Å²) in [5, 5.41) is 12.9. The summed E-state index contributed by atoms with van der Waals surface area (Å²) < 4.78 is 11.8. The van der Waals surface area contributed by atoms with Crippen molar-refractivity contribution in [2.45, 2.75) is 11.8 Å². The van der Waals surface area contributed by atoms with Crippen LogP contribution in [0.25, 0.3) is 0 Å². The first-order chi connectivity index (χ1) is 13.8. The highest BCUT2D eigenvalue weighted by Gasteiger charge is 2.33. The predicted molar refractivity (Wildman–Crippen MR) is 110 cm³/mol. The molecule has 0 spiro atoms. The van der Waals surface area contributed by atoms with E-state index in [2.05, 4.69) is 41.7 Å². The molecule has 4 nitrogen and oxygen atoms in total. The van der Waals surface area contributed by atoms with Gasteiger partial charge in [-0.1, -0.05) is 48.5 Å². The quantitative estimate of drug-likeness (QED) is 0.631. The second-order valence-electron chi connectivity index (χ2n) is 7.05. The molecule has 2 atom stereocenters. The third-order valence-corrected chi connectivity index (χ3v) is 5.24. The largest absolute Gasteiger partial charge is 0.508 e. The molecule has 0 fully saturated rings. The molecular weight excluding hydrogens is 350 g/mol. The molecule has 1 aliphatic rings. The Morgan fingerprint density at radius 1 is 1.00 bits per heavy atom. The van der Waals surface area contributed by atoms with Gasteiger partial charge in [-0.05, 0) is 36.4 Å². The van der Waals surface area contributed by atoms with Crippen molar-refractivity contribution in [1.82, 2.24) is 5.32 Å². The fraction of sp³-hybridized carbons (Fsp3) is 0.250. The van der Waals surface area contributed by atoms with Gasteiger partial charge in [0.1, 0.15) is 23.9 Å². The minimum atomic E-state index is 0.151. The highest BCUT2D eigenvalue weighted by Crippen LogP contribution is 2.47. The zero-order valence-electron chi connectivity index (χ0n) is 16.0. The first-order valence-corrected chi connectivity index (χ1v) is 9.64. The fourth-order valence-electron chi connectivity index (χ4n) is 3.84. The first-order valence-electron chi connectivity index (χ1n) is 9.64. The minimum Gasteiger partial charge on any atom is -0.508 e. The number of likely N-dealkylation sites (N-methyl/N-ethyl adjacent to an activating group) is 1. The van der Waals surface area contributed by atoms with Crippen molar-refractivity contribution >= 4 is 0 Å². The van der Waals surface area contributed by atoms with Crippen molar-refractivity contribution in [2.75, 3.05) is 26.8 Å². The lowest BCUT2D eigenvalue weighted by atomic mass is 9.76. The molecule has 0 aromatic heterocycles. The van der Waals surface area contributed by atoms with Crippen LogP contribution in [-0.4, -0.2) is 31.9 Å². The van der Waals surface area contributed by atoms with Gasteiger partial charge in [0.2, 0.25) is 0 Å². The fourth-order valence-corrected chi connectivity index (χ4v) is 3.84. The lowest BCUT2D eigenvalue weighted by Gasteiger charge is -2.34. The topological polar surface area (TPSA) is 50.7 Å². The number of hydrogen-bond donors (Lipinski definition) is 2. The maximum Gasteiger partial charge on any atom is 0.126 e. The van der Waals surface area contributed by atoms with Crippen molar-refractivity contribution in [2.24, 2.45) is 0 Å². The van der Waals surface area contributed by atoms with E-state index in [9.17, 15) is 5.11 Å². The standard InChI is InChI=1S/C24H25NO3/c1-25-13-14-27-20-10-7-18(8-11-20)24-21-12-9-19(26)15-23(21)28-16-22(24)17-5-3-2-4-6-17/h2-12,15,22,24-26H,13-14,16H2,1H3. The average Bonchev–Trinajstić information content (AvgIpc) is 2.74. The van der Waals surface area contributed by atoms with E-state index in [4.69, 9.17) is 9.47 Å². The molecule has 3 aromatic rings. The van der Waals surface area contributed by atoms with Crippen LogP contribution in [0.4, 0.5) is 0 Å². The number of rotatable bonds is 6. The molecule has 1 heterocycles. The molecule has 4 heteroatoms. The Balaban J connectivity index is 1.69. The molecule has 3 aromatic carbocycles. The summed E-state index contributed by atoms with van der Waals surface area (Å²) in [6.07, 6.45) is 0. The molecule has 0 saturated heterocycles. The Morgan fingerprint density at radius 2 is 1.79 bits per heavy atom. The minimum absolute atomic E-state index is 0.151. The first kappa shape index (κ1) is 18.4. The number of phenols is 1. The summed E-state index contributed by atoms with van der Waals surface area (Å²) in [4.78, 5) is 0. The van der Waals surface area contributed by atoms with Crippen LogP contribution in [0.15, 0.2) is 72.8 Å². The van der Waals surface area contributed by atoms with Crippen LogP contribution >= 0.6 is 0 Å². The zero-order chi connectivity index (χ0) is 19.3. The SMILES string of the molecule is CNCCOc1ccc(C2c3ccc(O)cc3OCC2c2ccccc2)cc1. The van der Waals surface area contributed by atoms with Gasteiger partial charge < -0.3 is 19.9 Å². The van der Waals surface area contributed by atoms with E-state index in [0.29, 0.717) is 13.2 Å². The number of hydrogen-bond acceptors (Lipinski definition) is 4. The molecule has 144 valence electrons. The Labute approximate surface area is 165 Å². The number of ether oxygens (including phenoxy) is 2. The van der Waals surface area contributed by atoms with Gasteiger partial charge in [-0.2, -0.15) is 0 Å². The summed E-state index contributed by atoms with van der Waals surface area (Å²) in [5.74, 6) is 2.20. The van der Waals surface area contributed by atoms with E-state index in [-0.39, 0.29) is 17.6 Å². The molecule has 4 rings (SSSR count). The van der Waals surface area contributed by atoms with E-state index in [0.717, 1.165) is 23.6 Å². The molecule has 0 saturated carbocycles. The van der Waals surface area contributed by atoms with Crippen LogP contribution < -0.4 is 14.8 Å². The summed E-state index contributed by atoms with van der Waals surface area (Å²) in [5.41, 5.74) is 3.56. The molecule has 0 bridgehead atoms. The van der Waals surface area contributed by atoms with Crippen molar-refractivity contribution < 1.29 is 14.6 Å². The lowest BCUT2D eigenvalue weighted by molar-refractivity contribution is 0.247. The van der Waals surface area contributed by atoms with E-state index >= 15 is 0 Å². The van der Waals surface area contributed by atoms with Gasteiger partial charge in [-0.3, -0.25) is 0 Å². The predicted octanol–water partition coefficient (Wildman–Crippen LogP) is 4.30. The van der Waals surface area contributed by atoms with Gasteiger partial charge in [0.15, 0.2) is 0 Å². The molecule has 0 radical (unpaired) electrons. The van der Waals surface area contributed by atoms with Gasteiger partial charge in [0, 0.05) is 30.0 Å². The van der Waals surface area contributed by atoms with Crippen molar-refractivity contribution in [1.29, 1.82) is 0 Å². The molecule has 2 unspecified atom stereocenters. The summed E-state index contributed by atoms with van der Waals surface area (Å²) in [6.45, 7) is 2.03. The summed E-state index contributed by atoms with van der Waals surface area (Å²) in [7, 11) is 1.91. The van der Waals surface area contributed by atoms with Crippen molar-refractivity contribution in [3.8, 4) is 17.2 Å². The molecule has 0 amide bonds. The lowest BCUT2D eigenvalue weighted by Crippen LogP contribution is -2.25. The third kappa shape index (κ3) is 3.82.